The van der Waals surface area contributed by atoms with Crippen molar-refractivity contribution in [3.05, 3.63) is 39.9 Å². The highest BCUT2D eigenvalue weighted by Gasteiger charge is 2.24. The van der Waals surface area contributed by atoms with Crippen molar-refractivity contribution in [1.82, 2.24) is 4.90 Å². The van der Waals surface area contributed by atoms with E-state index < -0.39 is 4.92 Å². The molecule has 1 amide bonds. The van der Waals surface area contributed by atoms with Crippen LogP contribution in [0.4, 0.5) is 5.69 Å². The summed E-state index contributed by atoms with van der Waals surface area (Å²) in [6.45, 7) is 1.20. The third-order valence-electron chi connectivity index (χ3n) is 2.84. The lowest BCUT2D eigenvalue weighted by molar-refractivity contribution is -0.384. The maximum absolute atomic E-state index is 12.0. The van der Waals surface area contributed by atoms with Crippen molar-refractivity contribution in [3.8, 4) is 0 Å². The number of nitro benzene ring substituents is 1. The predicted octanol–water partition coefficient (Wildman–Crippen LogP) is 1.19. The van der Waals surface area contributed by atoms with E-state index in [-0.39, 0.29) is 30.0 Å². The van der Waals surface area contributed by atoms with Crippen LogP contribution in [0.2, 0.25) is 0 Å². The van der Waals surface area contributed by atoms with Gasteiger partial charge in [-0.2, -0.15) is 0 Å². The number of nitrogens with two attached hydrogens (primary N) is 1. The maximum atomic E-state index is 12.0. The molecule has 1 aromatic rings. The Balaban J connectivity index is 0.00000162. The highest BCUT2D eigenvalue weighted by molar-refractivity contribution is 5.94. The zero-order valence-corrected chi connectivity index (χ0v) is 10.4. The van der Waals surface area contributed by atoms with Crippen molar-refractivity contribution in [2.45, 2.75) is 12.5 Å². The number of hydrogen-bond acceptors (Lipinski definition) is 4. The van der Waals surface area contributed by atoms with Gasteiger partial charge < -0.3 is 10.6 Å². The topological polar surface area (TPSA) is 89.5 Å². The van der Waals surface area contributed by atoms with Crippen molar-refractivity contribution in [2.24, 2.45) is 5.73 Å². The highest BCUT2D eigenvalue weighted by atomic mass is 35.5. The van der Waals surface area contributed by atoms with Crippen LogP contribution in [0.25, 0.3) is 0 Å². The number of likely N-dealkylation sites (tertiary alicyclic amines) is 1. The SMILES string of the molecule is Cl.N[C@@H]1CCN(C(=O)c2ccc([N+](=O)[O-])cc2)C1. The largest absolute Gasteiger partial charge is 0.337 e. The molecular weight excluding hydrogens is 258 g/mol. The smallest absolute Gasteiger partial charge is 0.269 e. The van der Waals surface area contributed by atoms with Crippen LogP contribution < -0.4 is 5.73 Å². The lowest BCUT2D eigenvalue weighted by Crippen LogP contribution is -2.31. The van der Waals surface area contributed by atoms with Crippen LogP contribution >= 0.6 is 12.4 Å². The minimum Gasteiger partial charge on any atom is -0.337 e. The summed E-state index contributed by atoms with van der Waals surface area (Å²) in [5.74, 6) is -0.118. The molecule has 18 heavy (non-hydrogen) atoms. The number of nitrogens with zero attached hydrogens (tertiary/aromatic N) is 2. The second kappa shape index (κ2) is 5.79. The number of carbonyl (C=O) groups excluding carboxylic acids is 1. The molecule has 0 aromatic heterocycles. The molecule has 1 atom stereocenters. The van der Waals surface area contributed by atoms with E-state index in [4.69, 9.17) is 5.73 Å². The Morgan fingerprint density at radius 1 is 1.39 bits per heavy atom. The van der Waals surface area contributed by atoms with Crippen molar-refractivity contribution in [3.63, 3.8) is 0 Å². The van der Waals surface area contributed by atoms with Gasteiger partial charge in [-0.1, -0.05) is 0 Å². The summed E-state index contributed by atoms with van der Waals surface area (Å²) in [6.07, 6.45) is 0.804. The van der Waals surface area contributed by atoms with Crippen LogP contribution in [0.5, 0.6) is 0 Å². The van der Waals surface area contributed by atoms with Crippen molar-refractivity contribution in [1.29, 1.82) is 0 Å². The second-order valence-corrected chi connectivity index (χ2v) is 4.10. The fraction of sp³-hybridized carbons (Fsp3) is 0.364. The number of halogens is 1. The zero-order chi connectivity index (χ0) is 12.4. The fourth-order valence-corrected chi connectivity index (χ4v) is 1.88. The molecule has 1 aromatic carbocycles. The van der Waals surface area contributed by atoms with Gasteiger partial charge in [-0.25, -0.2) is 0 Å². The quantitative estimate of drug-likeness (QED) is 0.646. The molecule has 1 heterocycles. The lowest BCUT2D eigenvalue weighted by Gasteiger charge is -2.15. The molecule has 1 saturated heterocycles. The molecule has 2 rings (SSSR count). The Morgan fingerprint density at radius 3 is 2.44 bits per heavy atom. The number of benzene rings is 1. The highest BCUT2D eigenvalue weighted by Crippen LogP contribution is 2.16. The van der Waals surface area contributed by atoms with E-state index in [2.05, 4.69) is 0 Å². The van der Waals surface area contributed by atoms with Crippen molar-refractivity contribution < 1.29 is 9.72 Å². The van der Waals surface area contributed by atoms with Gasteiger partial charge in [0.15, 0.2) is 0 Å². The Bertz CT molecular complexity index is 449. The third-order valence-corrected chi connectivity index (χ3v) is 2.84. The van der Waals surface area contributed by atoms with E-state index in [0.717, 1.165) is 6.42 Å². The van der Waals surface area contributed by atoms with Crippen LogP contribution in [-0.2, 0) is 0 Å². The van der Waals surface area contributed by atoms with Gasteiger partial charge in [0.05, 0.1) is 4.92 Å². The van der Waals surface area contributed by atoms with Crippen molar-refractivity contribution in [2.75, 3.05) is 13.1 Å². The van der Waals surface area contributed by atoms with E-state index in [9.17, 15) is 14.9 Å². The van der Waals surface area contributed by atoms with E-state index in [0.29, 0.717) is 18.7 Å². The number of non-ortho nitro benzene ring substituents is 1. The molecule has 6 nitrogen and oxygen atoms in total. The van der Waals surface area contributed by atoms with Gasteiger partial charge in [0.2, 0.25) is 0 Å². The maximum Gasteiger partial charge on any atom is 0.269 e. The molecule has 1 fully saturated rings. The first kappa shape index (κ1) is 14.4. The van der Waals surface area contributed by atoms with Gasteiger partial charge in [0.1, 0.15) is 0 Å². The number of carbonyl (C=O) groups is 1. The average molecular weight is 272 g/mol. The molecule has 0 aliphatic carbocycles. The molecule has 0 unspecified atom stereocenters. The minimum atomic E-state index is -0.486. The predicted molar refractivity (Wildman–Crippen MR) is 68.8 cm³/mol. The van der Waals surface area contributed by atoms with Crippen LogP contribution in [0, 0.1) is 10.1 Å². The van der Waals surface area contributed by atoms with Gasteiger partial charge in [-0.05, 0) is 18.6 Å². The van der Waals surface area contributed by atoms with Crippen molar-refractivity contribution >= 4 is 24.0 Å². The first-order chi connectivity index (χ1) is 8.08. The summed E-state index contributed by atoms with van der Waals surface area (Å²) in [6, 6.07) is 5.66. The summed E-state index contributed by atoms with van der Waals surface area (Å²) < 4.78 is 0. The molecule has 98 valence electrons. The molecule has 1 aliphatic rings. The Labute approximate surface area is 110 Å². The summed E-state index contributed by atoms with van der Waals surface area (Å²) in [4.78, 5) is 23.6. The van der Waals surface area contributed by atoms with Gasteiger partial charge in [0.25, 0.3) is 11.6 Å². The lowest BCUT2D eigenvalue weighted by atomic mass is 10.2. The van der Waals surface area contributed by atoms with Crippen LogP contribution in [-0.4, -0.2) is 34.9 Å². The van der Waals surface area contributed by atoms with Crippen LogP contribution in [0.15, 0.2) is 24.3 Å². The van der Waals surface area contributed by atoms with Crippen LogP contribution in [0.1, 0.15) is 16.8 Å². The molecule has 2 N–H and O–H groups in total. The molecule has 7 heteroatoms. The molecule has 0 bridgehead atoms. The number of hydrogen-bond donors (Lipinski definition) is 1. The fourth-order valence-electron chi connectivity index (χ4n) is 1.88. The van der Waals surface area contributed by atoms with Gasteiger partial charge in [0, 0.05) is 36.8 Å². The Kier molecular flexibility index (Phi) is 4.63. The van der Waals surface area contributed by atoms with Gasteiger partial charge in [-0.3, -0.25) is 14.9 Å². The third kappa shape index (κ3) is 2.96. The summed E-state index contributed by atoms with van der Waals surface area (Å²) >= 11 is 0. The molecule has 0 saturated carbocycles. The average Bonchev–Trinajstić information content (AvgIpc) is 2.75. The van der Waals surface area contributed by atoms with Gasteiger partial charge in [-0.15, -0.1) is 12.4 Å². The van der Waals surface area contributed by atoms with E-state index >= 15 is 0 Å². The first-order valence-corrected chi connectivity index (χ1v) is 5.37. The molecule has 0 radical (unpaired) electrons. The summed E-state index contributed by atoms with van der Waals surface area (Å²) in [5.41, 5.74) is 6.17. The zero-order valence-electron chi connectivity index (χ0n) is 9.61. The summed E-state index contributed by atoms with van der Waals surface area (Å²) in [7, 11) is 0. The van der Waals surface area contributed by atoms with E-state index in [1.807, 2.05) is 0 Å². The molecule has 0 spiro atoms. The van der Waals surface area contributed by atoms with E-state index in [1.165, 1.54) is 24.3 Å². The van der Waals surface area contributed by atoms with Gasteiger partial charge >= 0.3 is 0 Å². The Hall–Kier alpha value is -1.66. The normalized spacial score (nSPS) is 18.3. The standard InChI is InChI=1S/C11H13N3O3.ClH/c12-9-5-6-13(7-9)11(15)8-1-3-10(4-2-8)14(16)17;/h1-4,9H,5-7,12H2;1H/t9-;/m1./s1. The first-order valence-electron chi connectivity index (χ1n) is 5.37. The number of amides is 1. The molecule has 1 aliphatic heterocycles. The minimum absolute atomic E-state index is 0. The number of nitro groups is 1. The Morgan fingerprint density at radius 2 is 2.00 bits per heavy atom. The monoisotopic (exact) mass is 271 g/mol. The second-order valence-electron chi connectivity index (χ2n) is 4.10. The van der Waals surface area contributed by atoms with Crippen LogP contribution in [0.3, 0.4) is 0 Å². The molecular formula is C11H14ClN3O3. The number of rotatable bonds is 2. The summed E-state index contributed by atoms with van der Waals surface area (Å²) in [5, 5.41) is 10.5. The van der Waals surface area contributed by atoms with E-state index in [1.54, 1.807) is 4.90 Å².